The zero-order valence-corrected chi connectivity index (χ0v) is 12.1. The second kappa shape index (κ2) is 5.32. The topological polar surface area (TPSA) is 38.3 Å². The highest BCUT2D eigenvalue weighted by Gasteiger charge is 2.29. The Bertz CT molecular complexity index is 475. The Morgan fingerprint density at radius 3 is 2.40 bits per heavy atom. The molecule has 2 aliphatic heterocycles. The van der Waals surface area contributed by atoms with Gasteiger partial charge in [0.25, 0.3) is 0 Å². The molecule has 0 unspecified atom stereocenters. The summed E-state index contributed by atoms with van der Waals surface area (Å²) in [5.74, 6) is 3.50. The summed E-state index contributed by atoms with van der Waals surface area (Å²) < 4.78 is 5.49. The number of ether oxygens (including phenoxy) is 1. The van der Waals surface area contributed by atoms with Crippen molar-refractivity contribution in [2.24, 2.45) is 0 Å². The van der Waals surface area contributed by atoms with Gasteiger partial charge in [-0.2, -0.15) is 0 Å². The lowest BCUT2D eigenvalue weighted by molar-refractivity contribution is 0.0844. The molecule has 0 spiro atoms. The third-order valence-electron chi connectivity index (χ3n) is 4.76. The largest absolute Gasteiger partial charge is 0.381 e. The van der Waals surface area contributed by atoms with Crippen LogP contribution in [0.5, 0.6) is 0 Å². The third kappa shape index (κ3) is 2.53. The van der Waals surface area contributed by atoms with Crippen LogP contribution in [0, 0.1) is 0 Å². The van der Waals surface area contributed by atoms with Gasteiger partial charge in [0.2, 0.25) is 0 Å². The van der Waals surface area contributed by atoms with Crippen LogP contribution in [0.4, 0.5) is 5.82 Å². The van der Waals surface area contributed by atoms with Gasteiger partial charge in [-0.15, -0.1) is 0 Å². The van der Waals surface area contributed by atoms with Crippen molar-refractivity contribution >= 4 is 5.82 Å². The predicted molar refractivity (Wildman–Crippen MR) is 78.2 cm³/mol. The predicted octanol–water partition coefficient (Wildman–Crippen LogP) is 2.85. The first-order valence-corrected chi connectivity index (χ1v) is 8.12. The van der Waals surface area contributed by atoms with E-state index in [9.17, 15) is 0 Å². The van der Waals surface area contributed by atoms with E-state index >= 15 is 0 Å². The lowest BCUT2D eigenvalue weighted by Gasteiger charge is -2.24. The van der Waals surface area contributed by atoms with Crippen molar-refractivity contribution in [1.82, 2.24) is 9.97 Å². The van der Waals surface area contributed by atoms with Crippen LogP contribution < -0.4 is 4.90 Å². The number of aromatic nitrogens is 2. The quantitative estimate of drug-likeness (QED) is 0.849. The maximum atomic E-state index is 5.49. The molecule has 4 rings (SSSR count). The van der Waals surface area contributed by atoms with E-state index in [1.165, 1.54) is 37.2 Å². The number of hydrogen-bond acceptors (Lipinski definition) is 4. The van der Waals surface area contributed by atoms with E-state index in [-0.39, 0.29) is 0 Å². The molecular formula is C16H23N3O. The Kier molecular flexibility index (Phi) is 3.34. The van der Waals surface area contributed by atoms with E-state index < -0.39 is 0 Å². The van der Waals surface area contributed by atoms with Crippen LogP contribution in [-0.2, 0) is 4.74 Å². The van der Waals surface area contributed by atoms with Gasteiger partial charge >= 0.3 is 0 Å². The zero-order valence-electron chi connectivity index (χ0n) is 12.1. The van der Waals surface area contributed by atoms with Crippen LogP contribution in [-0.4, -0.2) is 36.3 Å². The van der Waals surface area contributed by atoms with Crippen LogP contribution >= 0.6 is 0 Å². The normalized spacial score (nSPS) is 24.3. The molecule has 1 aromatic heterocycles. The number of rotatable bonds is 3. The van der Waals surface area contributed by atoms with Crippen LogP contribution in [0.1, 0.15) is 61.9 Å². The van der Waals surface area contributed by atoms with Gasteiger partial charge in [-0.3, -0.25) is 0 Å². The van der Waals surface area contributed by atoms with Crippen molar-refractivity contribution in [3.8, 4) is 0 Å². The minimum Gasteiger partial charge on any atom is -0.381 e. The molecule has 1 aromatic rings. The molecule has 0 amide bonds. The highest BCUT2D eigenvalue weighted by atomic mass is 16.5. The standard InChI is InChI=1S/C16H23N3O/c1-2-8-19(7-1)15-11-14(12-5-9-20-10-6-12)17-16(18-15)13-3-4-13/h11-13H,1-10H2. The van der Waals surface area contributed by atoms with Crippen molar-refractivity contribution in [2.75, 3.05) is 31.2 Å². The molecule has 1 aliphatic carbocycles. The van der Waals surface area contributed by atoms with Gasteiger partial charge in [0.05, 0.1) is 0 Å². The Labute approximate surface area is 120 Å². The molecular weight excluding hydrogens is 250 g/mol. The van der Waals surface area contributed by atoms with Gasteiger partial charge < -0.3 is 9.64 Å². The second-order valence-corrected chi connectivity index (χ2v) is 6.36. The van der Waals surface area contributed by atoms with Crippen molar-refractivity contribution < 1.29 is 4.74 Å². The summed E-state index contributed by atoms with van der Waals surface area (Å²) >= 11 is 0. The number of nitrogens with zero attached hydrogens (tertiary/aromatic N) is 3. The first-order chi connectivity index (χ1) is 9.90. The highest BCUT2D eigenvalue weighted by Crippen LogP contribution is 2.40. The fourth-order valence-corrected chi connectivity index (χ4v) is 3.31. The zero-order chi connectivity index (χ0) is 13.4. The van der Waals surface area contributed by atoms with E-state index in [4.69, 9.17) is 14.7 Å². The minimum atomic E-state index is 0.575. The second-order valence-electron chi connectivity index (χ2n) is 6.36. The summed E-state index contributed by atoms with van der Waals surface area (Å²) in [4.78, 5) is 12.2. The molecule has 3 aliphatic rings. The smallest absolute Gasteiger partial charge is 0.134 e. The van der Waals surface area contributed by atoms with E-state index in [1.54, 1.807) is 0 Å². The Hall–Kier alpha value is -1.16. The van der Waals surface area contributed by atoms with E-state index in [2.05, 4.69) is 11.0 Å². The van der Waals surface area contributed by atoms with Gasteiger partial charge in [-0.1, -0.05) is 0 Å². The molecule has 3 fully saturated rings. The average Bonchev–Trinajstić information content (AvgIpc) is 3.22. The number of hydrogen-bond donors (Lipinski definition) is 0. The van der Waals surface area contributed by atoms with Gasteiger partial charge in [-0.25, -0.2) is 9.97 Å². The summed E-state index contributed by atoms with van der Waals surface area (Å²) in [7, 11) is 0. The van der Waals surface area contributed by atoms with Crippen molar-refractivity contribution in [3.05, 3.63) is 17.6 Å². The molecule has 20 heavy (non-hydrogen) atoms. The summed E-state index contributed by atoms with van der Waals surface area (Å²) in [6.07, 6.45) is 7.37. The molecule has 2 saturated heterocycles. The lowest BCUT2D eigenvalue weighted by atomic mass is 9.96. The van der Waals surface area contributed by atoms with E-state index in [1.807, 2.05) is 0 Å². The molecule has 0 bridgehead atoms. The highest BCUT2D eigenvalue weighted by molar-refractivity contribution is 5.42. The SMILES string of the molecule is c1c(C2CCOCC2)nc(C2CC2)nc1N1CCCC1. The van der Waals surface area contributed by atoms with Gasteiger partial charge in [-0.05, 0) is 38.5 Å². The van der Waals surface area contributed by atoms with Crippen LogP contribution in [0.25, 0.3) is 0 Å². The summed E-state index contributed by atoms with van der Waals surface area (Å²) in [5, 5.41) is 0. The molecule has 4 heteroatoms. The number of anilines is 1. The van der Waals surface area contributed by atoms with Crippen LogP contribution in [0.15, 0.2) is 6.07 Å². The van der Waals surface area contributed by atoms with E-state index in [0.29, 0.717) is 11.8 Å². The summed E-state index contributed by atoms with van der Waals surface area (Å²) in [6, 6.07) is 2.26. The Balaban J connectivity index is 1.65. The van der Waals surface area contributed by atoms with E-state index in [0.717, 1.165) is 45.0 Å². The molecule has 4 nitrogen and oxygen atoms in total. The fraction of sp³-hybridized carbons (Fsp3) is 0.750. The fourth-order valence-electron chi connectivity index (χ4n) is 3.31. The Morgan fingerprint density at radius 2 is 1.70 bits per heavy atom. The maximum Gasteiger partial charge on any atom is 0.134 e. The van der Waals surface area contributed by atoms with Gasteiger partial charge in [0.15, 0.2) is 0 Å². The van der Waals surface area contributed by atoms with Crippen molar-refractivity contribution in [3.63, 3.8) is 0 Å². The monoisotopic (exact) mass is 273 g/mol. The van der Waals surface area contributed by atoms with Crippen molar-refractivity contribution in [2.45, 2.75) is 50.4 Å². The molecule has 1 saturated carbocycles. The molecule has 0 aromatic carbocycles. The molecule has 0 atom stereocenters. The first-order valence-electron chi connectivity index (χ1n) is 8.12. The summed E-state index contributed by atoms with van der Waals surface area (Å²) in [5.41, 5.74) is 1.27. The maximum absolute atomic E-state index is 5.49. The minimum absolute atomic E-state index is 0.575. The molecule has 3 heterocycles. The van der Waals surface area contributed by atoms with Gasteiger partial charge in [0.1, 0.15) is 11.6 Å². The molecule has 0 N–H and O–H groups in total. The molecule has 0 radical (unpaired) electrons. The van der Waals surface area contributed by atoms with Crippen LogP contribution in [0.3, 0.4) is 0 Å². The Morgan fingerprint density at radius 1 is 0.950 bits per heavy atom. The molecule has 108 valence electrons. The van der Waals surface area contributed by atoms with Crippen molar-refractivity contribution in [1.29, 1.82) is 0 Å². The first kappa shape index (κ1) is 12.6. The lowest BCUT2D eigenvalue weighted by Crippen LogP contribution is -2.22. The average molecular weight is 273 g/mol. The third-order valence-corrected chi connectivity index (χ3v) is 4.76. The van der Waals surface area contributed by atoms with Gasteiger partial charge in [0, 0.05) is 49.9 Å². The van der Waals surface area contributed by atoms with Crippen LogP contribution in [0.2, 0.25) is 0 Å². The summed E-state index contributed by atoms with van der Waals surface area (Å²) in [6.45, 7) is 4.08.